The molecule has 9 heteroatoms. The molecule has 2 N–H and O–H groups in total. The molecule has 0 bridgehead atoms. The Labute approximate surface area is 125 Å². The van der Waals surface area contributed by atoms with Crippen molar-refractivity contribution < 1.29 is 26.4 Å². The fourth-order valence-corrected chi connectivity index (χ4v) is 3.40. The quantitative estimate of drug-likeness (QED) is 0.907. The van der Waals surface area contributed by atoms with Crippen molar-refractivity contribution in [1.29, 1.82) is 0 Å². The normalized spacial score (nSPS) is 19.5. The van der Waals surface area contributed by atoms with E-state index < -0.39 is 27.7 Å². The first kappa shape index (κ1) is 16.8. The second-order valence-corrected chi connectivity index (χ2v) is 6.97. The standard InChI is InChI=1S/C13H15F3N2O3S/c14-13(15,16)11-3-1-10(2-4-11)12(19)18-6-5-9(7-18)8-22(17,20)21/h1-4,9H,5-8H2,(H2,17,20,21)/t9-/m0/s1. The average molecular weight is 336 g/mol. The summed E-state index contributed by atoms with van der Waals surface area (Å²) in [4.78, 5) is 13.6. The lowest BCUT2D eigenvalue weighted by atomic mass is 10.1. The van der Waals surface area contributed by atoms with Crippen molar-refractivity contribution in [3.8, 4) is 0 Å². The van der Waals surface area contributed by atoms with E-state index >= 15 is 0 Å². The minimum Gasteiger partial charge on any atom is -0.338 e. The molecule has 5 nitrogen and oxygen atoms in total. The van der Waals surface area contributed by atoms with Gasteiger partial charge in [0.1, 0.15) is 0 Å². The Balaban J connectivity index is 2.04. The predicted molar refractivity (Wildman–Crippen MR) is 73.4 cm³/mol. The van der Waals surface area contributed by atoms with Crippen molar-refractivity contribution in [1.82, 2.24) is 4.90 Å². The van der Waals surface area contributed by atoms with Crippen molar-refractivity contribution in [2.75, 3.05) is 18.8 Å². The number of nitrogens with two attached hydrogens (primary N) is 1. The molecular formula is C13H15F3N2O3S. The Kier molecular flexibility index (Phi) is 4.48. The zero-order valence-corrected chi connectivity index (χ0v) is 12.3. The number of halogens is 3. The number of hydrogen-bond acceptors (Lipinski definition) is 3. The Morgan fingerprint density at radius 1 is 1.27 bits per heavy atom. The molecule has 1 amide bonds. The molecule has 0 unspecified atom stereocenters. The zero-order chi connectivity index (χ0) is 16.5. The van der Waals surface area contributed by atoms with E-state index in [1.807, 2.05) is 0 Å². The Hall–Kier alpha value is -1.61. The van der Waals surface area contributed by atoms with E-state index in [1.54, 1.807) is 0 Å². The summed E-state index contributed by atoms with van der Waals surface area (Å²) in [5.41, 5.74) is -0.679. The van der Waals surface area contributed by atoms with Crippen LogP contribution in [0.5, 0.6) is 0 Å². The summed E-state index contributed by atoms with van der Waals surface area (Å²) in [6.07, 6.45) is -3.95. The molecule has 22 heavy (non-hydrogen) atoms. The van der Waals surface area contributed by atoms with Crippen molar-refractivity contribution in [3.63, 3.8) is 0 Å². The maximum absolute atomic E-state index is 12.5. The summed E-state index contributed by atoms with van der Waals surface area (Å²) in [7, 11) is -3.61. The van der Waals surface area contributed by atoms with Crippen LogP contribution in [0.1, 0.15) is 22.3 Å². The lowest BCUT2D eigenvalue weighted by Gasteiger charge is -2.17. The van der Waals surface area contributed by atoms with Crippen LogP contribution in [0.25, 0.3) is 0 Å². The molecule has 122 valence electrons. The van der Waals surface area contributed by atoms with Crippen LogP contribution in [-0.2, 0) is 16.2 Å². The van der Waals surface area contributed by atoms with Crippen LogP contribution in [-0.4, -0.2) is 38.1 Å². The van der Waals surface area contributed by atoms with Gasteiger partial charge in [0, 0.05) is 18.7 Å². The highest BCUT2D eigenvalue weighted by atomic mass is 32.2. The first-order valence-electron chi connectivity index (χ1n) is 6.53. The lowest BCUT2D eigenvalue weighted by Crippen LogP contribution is -2.30. The second-order valence-electron chi connectivity index (χ2n) is 5.31. The molecule has 0 aromatic heterocycles. The highest BCUT2D eigenvalue weighted by Gasteiger charge is 2.32. The summed E-state index contributed by atoms with van der Waals surface area (Å²) < 4.78 is 59.5. The van der Waals surface area contributed by atoms with Crippen LogP contribution in [0.2, 0.25) is 0 Å². The molecule has 1 aliphatic rings. The minimum atomic E-state index is -4.45. The molecule has 0 aliphatic carbocycles. The fraction of sp³-hybridized carbons (Fsp3) is 0.462. The monoisotopic (exact) mass is 336 g/mol. The molecule has 1 aromatic rings. The smallest absolute Gasteiger partial charge is 0.338 e. The summed E-state index contributed by atoms with van der Waals surface area (Å²) in [6, 6.07) is 3.95. The minimum absolute atomic E-state index is 0.143. The van der Waals surface area contributed by atoms with Crippen LogP contribution in [0, 0.1) is 5.92 Å². The maximum Gasteiger partial charge on any atom is 0.416 e. The Morgan fingerprint density at radius 3 is 2.36 bits per heavy atom. The molecule has 1 heterocycles. The predicted octanol–water partition coefficient (Wildman–Crippen LogP) is 1.46. The molecule has 1 aliphatic heterocycles. The van der Waals surface area contributed by atoms with Crippen LogP contribution in [0.15, 0.2) is 24.3 Å². The van der Waals surface area contributed by atoms with Crippen molar-refractivity contribution in [2.45, 2.75) is 12.6 Å². The summed E-state index contributed by atoms with van der Waals surface area (Å²) >= 11 is 0. The number of carbonyl (C=O) groups excluding carboxylic acids is 1. The molecular weight excluding hydrogens is 321 g/mol. The first-order valence-corrected chi connectivity index (χ1v) is 8.25. The van der Waals surface area contributed by atoms with E-state index in [1.165, 1.54) is 4.90 Å². The van der Waals surface area contributed by atoms with Crippen molar-refractivity contribution >= 4 is 15.9 Å². The van der Waals surface area contributed by atoms with Crippen molar-refractivity contribution in [2.24, 2.45) is 11.1 Å². The van der Waals surface area contributed by atoms with Crippen molar-refractivity contribution in [3.05, 3.63) is 35.4 Å². The van der Waals surface area contributed by atoms with Crippen LogP contribution >= 0.6 is 0 Å². The number of alkyl halides is 3. The topological polar surface area (TPSA) is 80.5 Å². The maximum atomic E-state index is 12.5. The third kappa shape index (κ3) is 4.20. The highest BCUT2D eigenvalue weighted by molar-refractivity contribution is 7.89. The van der Waals surface area contributed by atoms with Gasteiger partial charge in [0.2, 0.25) is 10.0 Å². The summed E-state index contributed by atoms with van der Waals surface area (Å²) in [5.74, 6) is -0.858. The van der Waals surface area contributed by atoms with Gasteiger partial charge in [-0.05, 0) is 36.6 Å². The third-order valence-corrected chi connectivity index (χ3v) is 4.44. The lowest BCUT2D eigenvalue weighted by molar-refractivity contribution is -0.137. The Morgan fingerprint density at radius 2 is 1.86 bits per heavy atom. The van der Waals surface area contributed by atoms with Gasteiger partial charge in [0.15, 0.2) is 0 Å². The van der Waals surface area contributed by atoms with Gasteiger partial charge in [-0.2, -0.15) is 13.2 Å². The van der Waals surface area contributed by atoms with Gasteiger partial charge in [0.05, 0.1) is 11.3 Å². The SMILES string of the molecule is NS(=O)(=O)C[C@H]1CCN(C(=O)c2ccc(C(F)(F)F)cc2)C1. The van der Waals surface area contributed by atoms with Gasteiger partial charge in [0.25, 0.3) is 5.91 Å². The highest BCUT2D eigenvalue weighted by Crippen LogP contribution is 2.29. The Bertz CT molecular complexity index is 656. The molecule has 2 rings (SSSR count). The van der Waals surface area contributed by atoms with Gasteiger partial charge in [-0.15, -0.1) is 0 Å². The van der Waals surface area contributed by atoms with E-state index in [2.05, 4.69) is 0 Å². The largest absolute Gasteiger partial charge is 0.416 e. The number of primary sulfonamides is 1. The number of amides is 1. The van der Waals surface area contributed by atoms with Gasteiger partial charge >= 0.3 is 6.18 Å². The number of sulfonamides is 1. The molecule has 1 fully saturated rings. The number of rotatable bonds is 3. The summed E-state index contributed by atoms with van der Waals surface area (Å²) in [5, 5.41) is 4.97. The van der Waals surface area contributed by atoms with Gasteiger partial charge in [-0.3, -0.25) is 4.79 Å². The van der Waals surface area contributed by atoms with Gasteiger partial charge in [-0.25, -0.2) is 13.6 Å². The average Bonchev–Trinajstić information content (AvgIpc) is 2.83. The first-order chi connectivity index (χ1) is 10.1. The number of likely N-dealkylation sites (tertiary alicyclic amines) is 1. The molecule has 0 radical (unpaired) electrons. The molecule has 1 aromatic carbocycles. The van der Waals surface area contributed by atoms with E-state index in [4.69, 9.17) is 5.14 Å². The van der Waals surface area contributed by atoms with E-state index in [9.17, 15) is 26.4 Å². The second kappa shape index (κ2) is 5.88. The van der Waals surface area contributed by atoms with E-state index in [0.717, 1.165) is 24.3 Å². The third-order valence-electron chi connectivity index (χ3n) is 3.50. The number of carbonyl (C=O) groups is 1. The van der Waals surface area contributed by atoms with E-state index in [0.29, 0.717) is 13.0 Å². The van der Waals surface area contributed by atoms with Crippen LogP contribution in [0.4, 0.5) is 13.2 Å². The molecule has 0 saturated carbocycles. The zero-order valence-electron chi connectivity index (χ0n) is 11.5. The molecule has 1 saturated heterocycles. The fourth-order valence-electron chi connectivity index (χ4n) is 2.47. The van der Waals surface area contributed by atoms with Gasteiger partial charge < -0.3 is 4.90 Å². The van der Waals surface area contributed by atoms with Crippen LogP contribution in [0.3, 0.4) is 0 Å². The number of benzene rings is 1. The summed E-state index contributed by atoms with van der Waals surface area (Å²) in [6.45, 7) is 0.594. The number of nitrogens with zero attached hydrogens (tertiary/aromatic N) is 1. The molecule has 0 spiro atoms. The van der Waals surface area contributed by atoms with Crippen LogP contribution < -0.4 is 5.14 Å². The number of hydrogen-bond donors (Lipinski definition) is 1. The van der Waals surface area contributed by atoms with E-state index in [-0.39, 0.29) is 23.8 Å². The molecule has 1 atom stereocenters. The van der Waals surface area contributed by atoms with Gasteiger partial charge in [-0.1, -0.05) is 0 Å².